The Hall–Kier alpha value is -2.79. The fourth-order valence-electron chi connectivity index (χ4n) is 3.59. The van der Waals surface area contributed by atoms with Gasteiger partial charge in [-0.2, -0.15) is 0 Å². The highest BCUT2D eigenvalue weighted by atomic mass is 16.2. The number of carbonyl (C=O) groups excluding carboxylic acids is 1. The monoisotopic (exact) mass is 392 g/mol. The van der Waals surface area contributed by atoms with Crippen LogP contribution in [-0.4, -0.2) is 43.6 Å². The molecule has 5 nitrogen and oxygen atoms in total. The van der Waals surface area contributed by atoms with Crippen LogP contribution in [0.15, 0.2) is 54.7 Å². The summed E-state index contributed by atoms with van der Waals surface area (Å²) in [5.74, 6) is 0.164. The summed E-state index contributed by atoms with van der Waals surface area (Å²) in [7, 11) is 4.09. The Kier molecular flexibility index (Phi) is 6.60. The summed E-state index contributed by atoms with van der Waals surface area (Å²) in [4.78, 5) is 17.8. The van der Waals surface area contributed by atoms with Gasteiger partial charge in [0.1, 0.15) is 0 Å². The van der Waals surface area contributed by atoms with Gasteiger partial charge < -0.3 is 20.5 Å². The predicted octanol–water partition coefficient (Wildman–Crippen LogP) is 3.87. The lowest BCUT2D eigenvalue weighted by Crippen LogP contribution is -2.45. The number of amides is 1. The Bertz CT molecular complexity index is 943. The number of hydrogen-bond acceptors (Lipinski definition) is 3. The molecule has 29 heavy (non-hydrogen) atoms. The number of fused-ring (bicyclic) bond motifs is 1. The third-order valence-electron chi connectivity index (χ3n) is 5.26. The van der Waals surface area contributed by atoms with E-state index in [-0.39, 0.29) is 23.9 Å². The molecular formula is C24H32N4O. The first-order valence-corrected chi connectivity index (χ1v) is 10.2. The van der Waals surface area contributed by atoms with E-state index in [0.29, 0.717) is 6.54 Å². The molecule has 154 valence electrons. The van der Waals surface area contributed by atoms with E-state index in [1.54, 1.807) is 0 Å². The van der Waals surface area contributed by atoms with Crippen molar-refractivity contribution >= 4 is 22.5 Å². The lowest BCUT2D eigenvalue weighted by molar-refractivity contribution is -0.123. The van der Waals surface area contributed by atoms with Gasteiger partial charge in [0.05, 0.1) is 6.04 Å². The Morgan fingerprint density at radius 2 is 1.72 bits per heavy atom. The molecule has 0 spiro atoms. The molecule has 1 amide bonds. The zero-order chi connectivity index (χ0) is 21.0. The average molecular weight is 393 g/mol. The van der Waals surface area contributed by atoms with Crippen LogP contribution in [-0.2, 0) is 4.79 Å². The molecule has 0 saturated carbocycles. The summed E-state index contributed by atoms with van der Waals surface area (Å²) in [6.07, 6.45) is 2.09. The van der Waals surface area contributed by atoms with Gasteiger partial charge in [-0.05, 0) is 50.1 Å². The summed E-state index contributed by atoms with van der Waals surface area (Å²) in [6, 6.07) is 16.9. The van der Waals surface area contributed by atoms with Gasteiger partial charge in [0.15, 0.2) is 0 Å². The molecule has 5 heteroatoms. The first kappa shape index (κ1) is 20.9. The van der Waals surface area contributed by atoms with Crippen molar-refractivity contribution < 1.29 is 4.79 Å². The number of aromatic amines is 1. The third-order valence-corrected chi connectivity index (χ3v) is 5.26. The SMILES string of the molecule is CC(C)NC(=O)[C@H](C)NC[C@@H](c1ccc(N(C)C)cc1)c1c[nH]c2ccccc12. The van der Waals surface area contributed by atoms with E-state index < -0.39 is 0 Å². The first-order valence-electron chi connectivity index (χ1n) is 10.2. The molecule has 0 bridgehead atoms. The topological polar surface area (TPSA) is 60.2 Å². The summed E-state index contributed by atoms with van der Waals surface area (Å²) in [6.45, 7) is 6.55. The number of nitrogens with zero attached hydrogens (tertiary/aromatic N) is 1. The Morgan fingerprint density at radius 1 is 1.03 bits per heavy atom. The van der Waals surface area contributed by atoms with Gasteiger partial charge in [0.2, 0.25) is 5.91 Å². The van der Waals surface area contributed by atoms with Crippen molar-refractivity contribution in [2.45, 2.75) is 38.8 Å². The van der Waals surface area contributed by atoms with Crippen LogP contribution < -0.4 is 15.5 Å². The molecule has 1 heterocycles. The smallest absolute Gasteiger partial charge is 0.237 e. The van der Waals surface area contributed by atoms with Crippen LogP contribution >= 0.6 is 0 Å². The van der Waals surface area contributed by atoms with Crippen molar-refractivity contribution in [2.24, 2.45) is 0 Å². The standard InChI is InChI=1S/C24H32N4O/c1-16(2)27-24(29)17(3)25-14-21(18-10-12-19(13-11-18)28(4)5)22-15-26-23-9-7-6-8-20(22)23/h6-13,15-17,21,25-26H,14H2,1-5H3,(H,27,29)/t17-,21-/m0/s1. The minimum absolute atomic E-state index is 0.0284. The first-order chi connectivity index (χ1) is 13.9. The minimum Gasteiger partial charge on any atom is -0.378 e. The van der Waals surface area contributed by atoms with Crippen molar-refractivity contribution in [2.75, 3.05) is 25.5 Å². The van der Waals surface area contributed by atoms with E-state index >= 15 is 0 Å². The van der Waals surface area contributed by atoms with Gasteiger partial charge >= 0.3 is 0 Å². The maximum absolute atomic E-state index is 12.3. The summed E-state index contributed by atoms with van der Waals surface area (Å²) in [5.41, 5.74) is 4.76. The summed E-state index contributed by atoms with van der Waals surface area (Å²) < 4.78 is 0. The second kappa shape index (κ2) is 9.14. The number of aromatic nitrogens is 1. The second-order valence-electron chi connectivity index (χ2n) is 8.12. The molecule has 3 aromatic rings. The van der Waals surface area contributed by atoms with Crippen molar-refractivity contribution in [3.8, 4) is 0 Å². The molecule has 3 N–H and O–H groups in total. The average Bonchev–Trinajstić information content (AvgIpc) is 3.12. The fourth-order valence-corrected chi connectivity index (χ4v) is 3.59. The van der Waals surface area contributed by atoms with E-state index in [4.69, 9.17) is 0 Å². The van der Waals surface area contributed by atoms with Gasteiger partial charge in [0.25, 0.3) is 0 Å². The zero-order valence-electron chi connectivity index (χ0n) is 18.0. The molecule has 2 atom stereocenters. The highest BCUT2D eigenvalue weighted by Gasteiger charge is 2.21. The lowest BCUT2D eigenvalue weighted by Gasteiger charge is -2.22. The molecular weight excluding hydrogens is 360 g/mol. The Labute approximate surface area is 173 Å². The van der Waals surface area contributed by atoms with E-state index in [2.05, 4.69) is 69.2 Å². The number of carbonyl (C=O) groups is 1. The van der Waals surface area contributed by atoms with E-state index in [1.165, 1.54) is 22.2 Å². The van der Waals surface area contributed by atoms with Gasteiger partial charge in [-0.15, -0.1) is 0 Å². The number of H-pyrrole nitrogens is 1. The molecule has 0 aliphatic carbocycles. The number of benzene rings is 2. The highest BCUT2D eigenvalue weighted by Crippen LogP contribution is 2.31. The lowest BCUT2D eigenvalue weighted by atomic mass is 9.90. The maximum Gasteiger partial charge on any atom is 0.237 e. The van der Waals surface area contributed by atoms with Crippen molar-refractivity contribution in [1.29, 1.82) is 0 Å². The minimum atomic E-state index is -0.258. The summed E-state index contributed by atoms with van der Waals surface area (Å²) >= 11 is 0. The Morgan fingerprint density at radius 3 is 2.38 bits per heavy atom. The molecule has 1 aromatic heterocycles. The number of nitrogens with one attached hydrogen (secondary N) is 3. The van der Waals surface area contributed by atoms with E-state index in [9.17, 15) is 4.79 Å². The molecule has 0 unspecified atom stereocenters. The van der Waals surface area contributed by atoms with Crippen LogP contribution in [0.1, 0.15) is 37.8 Å². The predicted molar refractivity (Wildman–Crippen MR) is 122 cm³/mol. The molecule has 2 aromatic carbocycles. The number of anilines is 1. The van der Waals surface area contributed by atoms with Crippen molar-refractivity contribution in [1.82, 2.24) is 15.6 Å². The third kappa shape index (κ3) is 4.98. The van der Waals surface area contributed by atoms with Crippen LogP contribution in [0.5, 0.6) is 0 Å². The number of para-hydroxylation sites is 1. The van der Waals surface area contributed by atoms with Crippen LogP contribution in [0, 0.1) is 0 Å². The molecule has 0 saturated heterocycles. The van der Waals surface area contributed by atoms with Crippen LogP contribution in [0.2, 0.25) is 0 Å². The van der Waals surface area contributed by atoms with E-state index in [1.807, 2.05) is 40.9 Å². The number of rotatable bonds is 8. The quantitative estimate of drug-likeness (QED) is 0.545. The van der Waals surface area contributed by atoms with Crippen LogP contribution in [0.3, 0.4) is 0 Å². The van der Waals surface area contributed by atoms with Crippen LogP contribution in [0.4, 0.5) is 5.69 Å². The molecule has 0 aliphatic rings. The second-order valence-corrected chi connectivity index (χ2v) is 8.12. The van der Waals surface area contributed by atoms with Crippen molar-refractivity contribution in [3.05, 3.63) is 65.9 Å². The Balaban J connectivity index is 1.88. The molecule has 3 rings (SSSR count). The van der Waals surface area contributed by atoms with E-state index in [0.717, 1.165) is 5.52 Å². The number of hydrogen-bond donors (Lipinski definition) is 3. The van der Waals surface area contributed by atoms with Gasteiger partial charge in [-0.3, -0.25) is 4.79 Å². The van der Waals surface area contributed by atoms with Crippen molar-refractivity contribution in [3.63, 3.8) is 0 Å². The summed E-state index contributed by atoms with van der Waals surface area (Å²) in [5, 5.41) is 7.64. The maximum atomic E-state index is 12.3. The zero-order valence-corrected chi connectivity index (χ0v) is 18.0. The fraction of sp³-hybridized carbons (Fsp3) is 0.375. The molecule has 0 fully saturated rings. The van der Waals surface area contributed by atoms with Crippen LogP contribution in [0.25, 0.3) is 10.9 Å². The highest BCUT2D eigenvalue weighted by molar-refractivity contribution is 5.84. The van der Waals surface area contributed by atoms with Gasteiger partial charge in [-0.1, -0.05) is 30.3 Å². The normalized spacial score (nSPS) is 13.4. The van der Waals surface area contributed by atoms with Gasteiger partial charge in [-0.25, -0.2) is 0 Å². The van der Waals surface area contributed by atoms with Gasteiger partial charge in [0, 0.05) is 55.4 Å². The molecule has 0 radical (unpaired) electrons. The molecule has 0 aliphatic heterocycles. The largest absolute Gasteiger partial charge is 0.378 e.